The van der Waals surface area contributed by atoms with Crippen LogP contribution >= 0.6 is 0 Å². The molecule has 0 spiro atoms. The smallest absolute Gasteiger partial charge is 0.329 e. The van der Waals surface area contributed by atoms with Crippen molar-refractivity contribution in [1.82, 2.24) is 4.90 Å². The lowest BCUT2D eigenvalue weighted by molar-refractivity contribution is -0.156. The van der Waals surface area contributed by atoms with E-state index in [9.17, 15) is 19.5 Å². The van der Waals surface area contributed by atoms with Gasteiger partial charge in [-0.05, 0) is 38.1 Å². The summed E-state index contributed by atoms with van der Waals surface area (Å²) in [5, 5.41) is 9.25. The van der Waals surface area contributed by atoms with Gasteiger partial charge in [0.1, 0.15) is 11.3 Å². The maximum absolute atomic E-state index is 12.6. The number of likely N-dealkylation sites (N-methyl/N-ethyl adjacent to an activating group) is 1. The summed E-state index contributed by atoms with van der Waals surface area (Å²) in [6, 6.07) is 7.01. The first kappa shape index (κ1) is 17.8. The quantitative estimate of drug-likeness (QED) is 0.879. The first-order chi connectivity index (χ1) is 11.2. The van der Waals surface area contributed by atoms with Crippen LogP contribution in [0.15, 0.2) is 24.3 Å². The fourth-order valence-corrected chi connectivity index (χ4v) is 2.58. The van der Waals surface area contributed by atoms with Gasteiger partial charge in [0.15, 0.2) is 0 Å². The molecule has 1 heterocycles. The first-order valence-corrected chi connectivity index (χ1v) is 7.64. The van der Waals surface area contributed by atoms with Gasteiger partial charge in [-0.2, -0.15) is 0 Å². The van der Waals surface area contributed by atoms with E-state index in [0.29, 0.717) is 11.4 Å². The van der Waals surface area contributed by atoms with Crippen LogP contribution in [0.3, 0.4) is 0 Å². The molecule has 130 valence electrons. The standard InChI is InChI=1S/C17H22N2O5/c1-17(2,16(22)23)18(3)15(21)11-9-14(20)19(10-11)12-5-7-13(24-4)8-6-12/h5-8,11H,9-10H2,1-4H3,(H,22,23). The monoisotopic (exact) mass is 334 g/mol. The van der Waals surface area contributed by atoms with Crippen LogP contribution in [-0.2, 0) is 14.4 Å². The zero-order valence-corrected chi connectivity index (χ0v) is 14.3. The summed E-state index contributed by atoms with van der Waals surface area (Å²) in [5.74, 6) is -1.45. The zero-order chi connectivity index (χ0) is 18.1. The molecule has 1 unspecified atom stereocenters. The van der Waals surface area contributed by atoms with E-state index in [-0.39, 0.29) is 24.8 Å². The number of anilines is 1. The van der Waals surface area contributed by atoms with Crippen molar-refractivity contribution in [2.45, 2.75) is 25.8 Å². The molecule has 1 atom stereocenters. The Morgan fingerprint density at radius 2 is 1.88 bits per heavy atom. The van der Waals surface area contributed by atoms with Gasteiger partial charge >= 0.3 is 5.97 Å². The molecule has 1 aliphatic heterocycles. The largest absolute Gasteiger partial charge is 0.497 e. The van der Waals surface area contributed by atoms with E-state index in [1.165, 1.54) is 25.8 Å². The van der Waals surface area contributed by atoms with Crippen molar-refractivity contribution in [3.63, 3.8) is 0 Å². The van der Waals surface area contributed by atoms with Crippen LogP contribution < -0.4 is 9.64 Å². The molecule has 1 aliphatic rings. The Morgan fingerprint density at radius 1 is 1.29 bits per heavy atom. The predicted octanol–water partition coefficient (Wildman–Crippen LogP) is 1.37. The molecule has 0 aromatic heterocycles. The number of carbonyl (C=O) groups excluding carboxylic acids is 2. The van der Waals surface area contributed by atoms with Crippen molar-refractivity contribution in [2.24, 2.45) is 5.92 Å². The molecule has 1 fully saturated rings. The van der Waals surface area contributed by atoms with Crippen LogP contribution in [0.5, 0.6) is 5.75 Å². The number of methoxy groups -OCH3 is 1. The number of benzene rings is 1. The summed E-state index contributed by atoms with van der Waals surface area (Å²) in [5.41, 5.74) is -0.635. The Labute approximate surface area is 140 Å². The van der Waals surface area contributed by atoms with Crippen molar-refractivity contribution in [2.75, 3.05) is 25.6 Å². The van der Waals surface area contributed by atoms with Gasteiger partial charge in [-0.15, -0.1) is 0 Å². The van der Waals surface area contributed by atoms with E-state index < -0.39 is 17.4 Å². The molecule has 1 saturated heterocycles. The molecule has 7 heteroatoms. The van der Waals surface area contributed by atoms with Gasteiger partial charge < -0.3 is 19.6 Å². The number of amides is 2. The molecule has 0 radical (unpaired) electrons. The maximum Gasteiger partial charge on any atom is 0.329 e. The summed E-state index contributed by atoms with van der Waals surface area (Å²) < 4.78 is 5.09. The molecule has 1 aromatic carbocycles. The van der Waals surface area contributed by atoms with Crippen LogP contribution in [0, 0.1) is 5.92 Å². The van der Waals surface area contributed by atoms with Gasteiger partial charge in [0.25, 0.3) is 0 Å². The normalized spacial score (nSPS) is 17.8. The number of carboxylic acids is 1. The van der Waals surface area contributed by atoms with Crippen molar-refractivity contribution in [3.8, 4) is 5.75 Å². The molecule has 7 nitrogen and oxygen atoms in total. The lowest BCUT2D eigenvalue weighted by Gasteiger charge is -2.33. The molecule has 0 aliphatic carbocycles. The zero-order valence-electron chi connectivity index (χ0n) is 14.3. The second-order valence-corrected chi connectivity index (χ2v) is 6.36. The minimum absolute atomic E-state index is 0.0743. The lowest BCUT2D eigenvalue weighted by Crippen LogP contribution is -2.52. The van der Waals surface area contributed by atoms with Crippen molar-refractivity contribution < 1.29 is 24.2 Å². The van der Waals surface area contributed by atoms with Gasteiger partial charge in [0, 0.05) is 25.7 Å². The SMILES string of the molecule is COc1ccc(N2CC(C(=O)N(C)C(C)(C)C(=O)O)CC2=O)cc1. The number of nitrogens with zero attached hydrogens (tertiary/aromatic N) is 2. The van der Waals surface area contributed by atoms with Gasteiger partial charge in [0.2, 0.25) is 11.8 Å². The summed E-state index contributed by atoms with van der Waals surface area (Å²) in [4.78, 5) is 38.9. The molecule has 2 amide bonds. The molecular weight excluding hydrogens is 312 g/mol. The summed E-state index contributed by atoms with van der Waals surface area (Å²) >= 11 is 0. The van der Waals surface area contributed by atoms with Crippen LogP contribution in [0.2, 0.25) is 0 Å². The molecule has 24 heavy (non-hydrogen) atoms. The van der Waals surface area contributed by atoms with Gasteiger partial charge in [0.05, 0.1) is 13.0 Å². The molecule has 2 rings (SSSR count). The summed E-state index contributed by atoms with van der Waals surface area (Å²) in [6.45, 7) is 3.17. The second-order valence-electron chi connectivity index (χ2n) is 6.36. The number of ether oxygens (including phenoxy) is 1. The average molecular weight is 334 g/mol. The van der Waals surface area contributed by atoms with Crippen molar-refractivity contribution in [1.29, 1.82) is 0 Å². The number of rotatable bonds is 5. The number of hydrogen-bond acceptors (Lipinski definition) is 4. The fraction of sp³-hybridized carbons (Fsp3) is 0.471. The fourth-order valence-electron chi connectivity index (χ4n) is 2.58. The first-order valence-electron chi connectivity index (χ1n) is 7.64. The summed E-state index contributed by atoms with van der Waals surface area (Å²) in [7, 11) is 3.02. The minimum Gasteiger partial charge on any atom is -0.497 e. The topological polar surface area (TPSA) is 87.2 Å². The third-order valence-electron chi connectivity index (χ3n) is 4.55. The van der Waals surface area contributed by atoms with Crippen LogP contribution in [0.4, 0.5) is 5.69 Å². The maximum atomic E-state index is 12.6. The minimum atomic E-state index is -1.33. The van der Waals surface area contributed by atoms with Crippen molar-refractivity contribution >= 4 is 23.5 Å². The van der Waals surface area contributed by atoms with E-state index in [4.69, 9.17) is 4.74 Å². The van der Waals surface area contributed by atoms with E-state index in [0.717, 1.165) is 0 Å². The van der Waals surface area contributed by atoms with Gasteiger partial charge in [-0.1, -0.05) is 0 Å². The number of carboxylic acid groups (broad SMARTS) is 1. The lowest BCUT2D eigenvalue weighted by atomic mass is 10.00. The highest BCUT2D eigenvalue weighted by Crippen LogP contribution is 2.29. The van der Waals surface area contributed by atoms with E-state index in [2.05, 4.69) is 0 Å². The van der Waals surface area contributed by atoms with Crippen LogP contribution in [-0.4, -0.2) is 54.0 Å². The molecule has 0 bridgehead atoms. The summed E-state index contributed by atoms with van der Waals surface area (Å²) in [6.07, 6.45) is 0.0743. The van der Waals surface area contributed by atoms with E-state index in [1.807, 2.05) is 0 Å². The molecular formula is C17H22N2O5. The van der Waals surface area contributed by atoms with Crippen molar-refractivity contribution in [3.05, 3.63) is 24.3 Å². The van der Waals surface area contributed by atoms with Crippen LogP contribution in [0.25, 0.3) is 0 Å². The van der Waals surface area contributed by atoms with Crippen LogP contribution in [0.1, 0.15) is 20.3 Å². The Kier molecular flexibility index (Phi) is 4.82. The van der Waals surface area contributed by atoms with E-state index in [1.54, 1.807) is 36.3 Å². The number of carbonyl (C=O) groups is 3. The third-order valence-corrected chi connectivity index (χ3v) is 4.55. The Hall–Kier alpha value is -2.57. The van der Waals surface area contributed by atoms with E-state index >= 15 is 0 Å². The highest BCUT2D eigenvalue weighted by Gasteiger charge is 2.42. The average Bonchev–Trinajstić information content (AvgIpc) is 2.95. The molecule has 1 aromatic rings. The number of hydrogen-bond donors (Lipinski definition) is 1. The Balaban J connectivity index is 2.13. The molecule has 0 saturated carbocycles. The predicted molar refractivity (Wildman–Crippen MR) is 87.9 cm³/mol. The third kappa shape index (κ3) is 3.20. The highest BCUT2D eigenvalue weighted by molar-refractivity contribution is 6.01. The Morgan fingerprint density at radius 3 is 2.38 bits per heavy atom. The van der Waals surface area contributed by atoms with Gasteiger partial charge in [-0.25, -0.2) is 4.79 Å². The second kappa shape index (κ2) is 6.51. The highest BCUT2D eigenvalue weighted by atomic mass is 16.5. The Bertz CT molecular complexity index is 653. The van der Waals surface area contributed by atoms with Gasteiger partial charge in [-0.3, -0.25) is 9.59 Å². The molecule has 1 N–H and O–H groups in total. The number of aliphatic carboxylic acids is 1.